The van der Waals surface area contributed by atoms with Gasteiger partial charge < -0.3 is 19.5 Å². The first-order chi connectivity index (χ1) is 10.2. The molecule has 112 valence electrons. The summed E-state index contributed by atoms with van der Waals surface area (Å²) in [7, 11) is 0. The molecule has 0 fully saturated rings. The van der Waals surface area contributed by atoms with E-state index in [1.165, 1.54) is 6.26 Å². The van der Waals surface area contributed by atoms with Crippen LogP contribution in [-0.2, 0) is 23.8 Å². The molecule has 2 rings (SSSR count). The first-order valence-electron chi connectivity index (χ1n) is 6.63. The highest BCUT2D eigenvalue weighted by molar-refractivity contribution is 5.88. The maximum absolute atomic E-state index is 11.7. The van der Waals surface area contributed by atoms with Crippen molar-refractivity contribution in [3.63, 3.8) is 0 Å². The van der Waals surface area contributed by atoms with Crippen LogP contribution in [0.3, 0.4) is 0 Å². The summed E-state index contributed by atoms with van der Waals surface area (Å²) >= 11 is 0. The molecule has 0 bridgehead atoms. The first-order valence-corrected chi connectivity index (χ1v) is 6.63. The van der Waals surface area contributed by atoms with Gasteiger partial charge in [-0.2, -0.15) is 0 Å². The minimum Gasteiger partial charge on any atom is -0.493 e. The molecule has 1 aromatic carbocycles. The summed E-state index contributed by atoms with van der Waals surface area (Å²) in [5, 5.41) is 2.75. The van der Waals surface area contributed by atoms with Crippen LogP contribution in [0.25, 0.3) is 0 Å². The van der Waals surface area contributed by atoms with Gasteiger partial charge in [-0.25, -0.2) is 4.79 Å². The van der Waals surface area contributed by atoms with Crippen LogP contribution < -0.4 is 5.32 Å². The highest BCUT2D eigenvalue weighted by Crippen LogP contribution is 2.11. The largest absolute Gasteiger partial charge is 0.493 e. The number of carbonyl (C=O) groups is 2. The fourth-order valence-electron chi connectivity index (χ4n) is 1.79. The summed E-state index contributed by atoms with van der Waals surface area (Å²) in [5.41, 5.74) is 0.976. The van der Waals surface area contributed by atoms with Crippen LogP contribution in [0.1, 0.15) is 18.5 Å². The van der Waals surface area contributed by atoms with Gasteiger partial charge in [-0.15, -0.1) is 0 Å². The van der Waals surface area contributed by atoms with Crippen molar-refractivity contribution >= 4 is 11.9 Å². The molecule has 21 heavy (non-hydrogen) atoms. The van der Waals surface area contributed by atoms with E-state index in [4.69, 9.17) is 14.2 Å². The fraction of sp³-hybridized carbons (Fsp3) is 0.333. The van der Waals surface area contributed by atoms with Crippen molar-refractivity contribution in [2.45, 2.75) is 13.0 Å². The molecule has 0 aromatic heterocycles. The summed E-state index contributed by atoms with van der Waals surface area (Å²) in [4.78, 5) is 23.3. The number of ether oxygens (including phenoxy) is 3. The van der Waals surface area contributed by atoms with E-state index in [9.17, 15) is 9.59 Å². The van der Waals surface area contributed by atoms with Crippen LogP contribution in [0.15, 0.2) is 42.4 Å². The van der Waals surface area contributed by atoms with E-state index in [1.807, 2.05) is 37.3 Å². The SMILES string of the molecule is C[C@@H](NC(=O)COC(=O)C1=COCCO1)c1ccccc1. The topological polar surface area (TPSA) is 73.9 Å². The lowest BCUT2D eigenvalue weighted by atomic mass is 10.1. The minimum absolute atomic E-state index is 0.0230. The Balaban J connectivity index is 1.77. The van der Waals surface area contributed by atoms with Crippen LogP contribution in [0.2, 0.25) is 0 Å². The molecule has 1 N–H and O–H groups in total. The smallest absolute Gasteiger partial charge is 0.377 e. The second-order valence-electron chi connectivity index (χ2n) is 4.48. The Kier molecular flexibility index (Phi) is 5.20. The Morgan fingerprint density at radius 2 is 2.05 bits per heavy atom. The molecule has 0 saturated carbocycles. The lowest BCUT2D eigenvalue weighted by Gasteiger charge is -2.16. The number of carbonyl (C=O) groups excluding carboxylic acids is 2. The van der Waals surface area contributed by atoms with E-state index >= 15 is 0 Å². The zero-order valence-corrected chi connectivity index (χ0v) is 11.7. The van der Waals surface area contributed by atoms with Crippen LogP contribution >= 0.6 is 0 Å². The predicted octanol–water partition coefficient (Wildman–Crippen LogP) is 1.30. The maximum atomic E-state index is 11.7. The van der Waals surface area contributed by atoms with Gasteiger partial charge in [0.2, 0.25) is 5.76 Å². The van der Waals surface area contributed by atoms with Crippen molar-refractivity contribution in [2.24, 2.45) is 0 Å². The molecule has 1 amide bonds. The zero-order valence-electron chi connectivity index (χ0n) is 11.7. The molecule has 1 atom stereocenters. The second-order valence-corrected chi connectivity index (χ2v) is 4.48. The van der Waals surface area contributed by atoms with Crippen molar-refractivity contribution in [3.8, 4) is 0 Å². The molecule has 0 unspecified atom stereocenters. The van der Waals surface area contributed by atoms with Gasteiger partial charge in [0.15, 0.2) is 6.61 Å². The van der Waals surface area contributed by atoms with Gasteiger partial charge in [-0.05, 0) is 12.5 Å². The van der Waals surface area contributed by atoms with E-state index in [2.05, 4.69) is 5.32 Å². The number of benzene rings is 1. The van der Waals surface area contributed by atoms with Crippen molar-refractivity contribution in [2.75, 3.05) is 19.8 Å². The summed E-state index contributed by atoms with van der Waals surface area (Å²) in [6, 6.07) is 9.35. The lowest BCUT2D eigenvalue weighted by Crippen LogP contribution is -2.31. The molecule has 0 spiro atoms. The van der Waals surface area contributed by atoms with E-state index in [1.54, 1.807) is 0 Å². The number of amides is 1. The highest BCUT2D eigenvalue weighted by Gasteiger charge is 2.18. The van der Waals surface area contributed by atoms with Crippen LogP contribution in [0.5, 0.6) is 0 Å². The third-order valence-corrected chi connectivity index (χ3v) is 2.86. The Hall–Kier alpha value is -2.50. The standard InChI is InChI=1S/C15H17NO5/c1-11(12-5-3-2-4-6-12)16-14(17)10-21-15(18)13-9-19-7-8-20-13/h2-6,9,11H,7-8,10H2,1H3,(H,16,17)/t11-/m1/s1. The van der Waals surface area contributed by atoms with Gasteiger partial charge in [0.1, 0.15) is 19.5 Å². The van der Waals surface area contributed by atoms with Crippen LogP contribution in [0.4, 0.5) is 0 Å². The lowest BCUT2D eigenvalue weighted by molar-refractivity contribution is -0.149. The van der Waals surface area contributed by atoms with Gasteiger partial charge >= 0.3 is 5.97 Å². The number of rotatable bonds is 5. The molecular weight excluding hydrogens is 274 g/mol. The van der Waals surface area contributed by atoms with Gasteiger partial charge in [0.25, 0.3) is 5.91 Å². The average Bonchev–Trinajstić information content (AvgIpc) is 2.54. The quantitative estimate of drug-likeness (QED) is 0.828. The summed E-state index contributed by atoms with van der Waals surface area (Å²) < 4.78 is 14.9. The summed E-state index contributed by atoms with van der Waals surface area (Å²) in [6.07, 6.45) is 1.19. The van der Waals surface area contributed by atoms with E-state index in [0.29, 0.717) is 6.61 Å². The monoisotopic (exact) mass is 291 g/mol. The normalized spacial score (nSPS) is 15.0. The van der Waals surface area contributed by atoms with E-state index in [0.717, 1.165) is 5.56 Å². The Morgan fingerprint density at radius 1 is 1.29 bits per heavy atom. The fourth-order valence-corrected chi connectivity index (χ4v) is 1.79. The zero-order chi connectivity index (χ0) is 15.1. The van der Waals surface area contributed by atoms with Gasteiger partial charge in [-0.3, -0.25) is 4.79 Å². The molecule has 0 aliphatic carbocycles. The van der Waals surface area contributed by atoms with E-state index < -0.39 is 5.97 Å². The third-order valence-electron chi connectivity index (χ3n) is 2.86. The Labute approximate surface area is 122 Å². The second kappa shape index (κ2) is 7.33. The highest BCUT2D eigenvalue weighted by atomic mass is 16.6. The molecule has 1 aromatic rings. The average molecular weight is 291 g/mol. The van der Waals surface area contributed by atoms with Gasteiger partial charge in [-0.1, -0.05) is 30.3 Å². The van der Waals surface area contributed by atoms with Crippen molar-refractivity contribution < 1.29 is 23.8 Å². The van der Waals surface area contributed by atoms with Crippen molar-refractivity contribution in [3.05, 3.63) is 47.9 Å². The number of esters is 1. The molecule has 1 aliphatic heterocycles. The number of nitrogens with one attached hydrogen (secondary N) is 1. The molecule has 1 aliphatic rings. The van der Waals surface area contributed by atoms with Crippen LogP contribution in [-0.4, -0.2) is 31.7 Å². The van der Waals surface area contributed by atoms with E-state index in [-0.39, 0.29) is 30.9 Å². The third kappa shape index (κ3) is 4.52. The molecule has 6 heteroatoms. The first kappa shape index (κ1) is 14.9. The molecule has 1 heterocycles. The summed E-state index contributed by atoms with van der Waals surface area (Å²) in [6.45, 7) is 2.18. The van der Waals surface area contributed by atoms with Gasteiger partial charge in [0, 0.05) is 0 Å². The number of hydrogen-bond acceptors (Lipinski definition) is 5. The number of hydrogen-bond donors (Lipinski definition) is 1. The Morgan fingerprint density at radius 3 is 2.71 bits per heavy atom. The van der Waals surface area contributed by atoms with Crippen molar-refractivity contribution in [1.29, 1.82) is 0 Å². The maximum Gasteiger partial charge on any atom is 0.377 e. The van der Waals surface area contributed by atoms with Crippen LogP contribution in [0, 0.1) is 0 Å². The minimum atomic E-state index is -0.711. The molecule has 0 radical (unpaired) electrons. The summed E-state index contributed by atoms with van der Waals surface area (Å²) in [5.74, 6) is -1.11. The Bertz CT molecular complexity index is 526. The predicted molar refractivity (Wildman–Crippen MR) is 73.9 cm³/mol. The molecule has 0 saturated heterocycles. The molecular formula is C15H17NO5. The molecule has 6 nitrogen and oxygen atoms in total. The van der Waals surface area contributed by atoms with Gasteiger partial charge in [0.05, 0.1) is 6.04 Å². The van der Waals surface area contributed by atoms with Crippen molar-refractivity contribution in [1.82, 2.24) is 5.32 Å².